The van der Waals surface area contributed by atoms with E-state index in [4.69, 9.17) is 0 Å². The molecule has 0 aliphatic rings. The molecule has 0 aliphatic carbocycles. The van der Waals surface area contributed by atoms with Crippen molar-refractivity contribution in [1.82, 2.24) is 4.98 Å². The van der Waals surface area contributed by atoms with Crippen molar-refractivity contribution < 1.29 is 4.79 Å². The van der Waals surface area contributed by atoms with Crippen molar-refractivity contribution in [3.8, 4) is 0 Å². The van der Waals surface area contributed by atoms with Gasteiger partial charge in [0.1, 0.15) is 6.29 Å². The first-order valence-corrected chi connectivity index (χ1v) is 6.93. The second-order valence-corrected chi connectivity index (χ2v) is 5.06. The normalized spacial score (nSPS) is 12.4. The van der Waals surface area contributed by atoms with Gasteiger partial charge in [-0.2, -0.15) is 0 Å². The van der Waals surface area contributed by atoms with Crippen LogP contribution in [-0.4, -0.2) is 11.3 Å². The molecular formula is C18H17NO. The van der Waals surface area contributed by atoms with Crippen molar-refractivity contribution in [1.29, 1.82) is 0 Å². The number of carbonyl (C=O) groups is 1. The molecule has 0 saturated carbocycles. The second kappa shape index (κ2) is 5.74. The number of carbonyl (C=O) groups excluding carboxylic acids is 1. The number of H-pyrrole nitrogens is 1. The molecule has 2 aromatic carbocycles. The number of aryl methyl sites for hydroxylation is 1. The molecule has 100 valence electrons. The number of aromatic amines is 1. The van der Waals surface area contributed by atoms with Gasteiger partial charge in [0.05, 0.1) is 0 Å². The first-order chi connectivity index (χ1) is 9.88. The molecule has 3 rings (SSSR count). The lowest BCUT2D eigenvalue weighted by molar-refractivity contribution is -0.109. The Bertz CT molecular complexity index is 700. The molecule has 1 N–H and O–H groups in total. The second-order valence-electron chi connectivity index (χ2n) is 5.06. The van der Waals surface area contributed by atoms with E-state index in [1.807, 2.05) is 42.6 Å². The molecule has 2 nitrogen and oxygen atoms in total. The maximum Gasteiger partial charge on any atom is 0.127 e. The summed E-state index contributed by atoms with van der Waals surface area (Å²) in [5.41, 5.74) is 3.47. The average Bonchev–Trinajstić information content (AvgIpc) is 2.93. The molecule has 1 heterocycles. The number of hydrogen-bond donors (Lipinski definition) is 1. The van der Waals surface area contributed by atoms with Crippen LogP contribution in [0.25, 0.3) is 10.9 Å². The molecule has 1 aromatic heterocycles. The Labute approximate surface area is 118 Å². The summed E-state index contributed by atoms with van der Waals surface area (Å²) in [7, 11) is 0. The zero-order valence-electron chi connectivity index (χ0n) is 11.3. The predicted molar refractivity (Wildman–Crippen MR) is 81.9 cm³/mol. The Kier molecular flexibility index (Phi) is 3.64. The monoisotopic (exact) mass is 263 g/mol. The Morgan fingerprint density at radius 1 is 1.00 bits per heavy atom. The van der Waals surface area contributed by atoms with E-state index in [-0.39, 0.29) is 5.92 Å². The van der Waals surface area contributed by atoms with E-state index in [2.05, 4.69) is 23.2 Å². The summed E-state index contributed by atoms with van der Waals surface area (Å²) in [5, 5.41) is 1.15. The van der Waals surface area contributed by atoms with Gasteiger partial charge in [-0.3, -0.25) is 0 Å². The Morgan fingerprint density at radius 3 is 2.55 bits per heavy atom. The number of nitrogens with one attached hydrogen (secondary N) is 1. The Hall–Kier alpha value is -2.35. The lowest BCUT2D eigenvalue weighted by Gasteiger charge is -2.09. The van der Waals surface area contributed by atoms with Gasteiger partial charge in [-0.25, -0.2) is 0 Å². The van der Waals surface area contributed by atoms with Crippen molar-refractivity contribution in [2.75, 3.05) is 0 Å². The number of hydrogen-bond acceptors (Lipinski definition) is 1. The number of aromatic nitrogens is 1. The summed E-state index contributed by atoms with van der Waals surface area (Å²) in [6.45, 7) is 0. The Balaban J connectivity index is 1.81. The third-order valence-electron chi connectivity index (χ3n) is 3.77. The Morgan fingerprint density at radius 2 is 1.75 bits per heavy atom. The van der Waals surface area contributed by atoms with Crippen LogP contribution in [0.1, 0.15) is 23.5 Å². The molecule has 0 spiro atoms. The zero-order chi connectivity index (χ0) is 13.8. The van der Waals surface area contributed by atoms with Gasteiger partial charge in [0.25, 0.3) is 0 Å². The fraction of sp³-hybridized carbons (Fsp3) is 0.167. The summed E-state index contributed by atoms with van der Waals surface area (Å²) in [6, 6.07) is 18.4. The first-order valence-electron chi connectivity index (χ1n) is 6.93. The zero-order valence-corrected chi connectivity index (χ0v) is 11.3. The lowest BCUT2D eigenvalue weighted by Crippen LogP contribution is -2.01. The van der Waals surface area contributed by atoms with Crippen LogP contribution in [0.3, 0.4) is 0 Å². The van der Waals surface area contributed by atoms with Gasteiger partial charge >= 0.3 is 0 Å². The minimum atomic E-state index is -0.0497. The van der Waals surface area contributed by atoms with Gasteiger partial charge in [0.2, 0.25) is 0 Å². The van der Waals surface area contributed by atoms with Crippen LogP contribution in [0, 0.1) is 0 Å². The van der Waals surface area contributed by atoms with Crippen molar-refractivity contribution in [2.45, 2.75) is 18.8 Å². The van der Waals surface area contributed by atoms with Crippen molar-refractivity contribution in [2.24, 2.45) is 0 Å². The molecule has 0 fully saturated rings. The van der Waals surface area contributed by atoms with Crippen LogP contribution >= 0.6 is 0 Å². The minimum Gasteiger partial charge on any atom is -0.361 e. The number of rotatable bonds is 5. The van der Waals surface area contributed by atoms with E-state index in [0.717, 1.165) is 35.6 Å². The van der Waals surface area contributed by atoms with Gasteiger partial charge in [0.15, 0.2) is 0 Å². The van der Waals surface area contributed by atoms with Gasteiger partial charge in [-0.1, -0.05) is 48.5 Å². The third kappa shape index (κ3) is 2.50. The smallest absolute Gasteiger partial charge is 0.127 e. The molecule has 1 atom stereocenters. The van der Waals surface area contributed by atoms with E-state index in [1.165, 1.54) is 5.56 Å². The van der Waals surface area contributed by atoms with Crippen LogP contribution in [0.4, 0.5) is 0 Å². The molecule has 0 radical (unpaired) electrons. The van der Waals surface area contributed by atoms with Gasteiger partial charge in [0, 0.05) is 23.0 Å². The van der Waals surface area contributed by atoms with Crippen LogP contribution < -0.4 is 0 Å². The van der Waals surface area contributed by atoms with Crippen LogP contribution in [-0.2, 0) is 11.2 Å². The van der Waals surface area contributed by atoms with Gasteiger partial charge in [-0.15, -0.1) is 0 Å². The molecule has 0 bridgehead atoms. The summed E-state index contributed by atoms with van der Waals surface area (Å²) < 4.78 is 0. The highest BCUT2D eigenvalue weighted by molar-refractivity contribution is 5.86. The maximum absolute atomic E-state index is 11.5. The predicted octanol–water partition coefficient (Wildman–Crippen LogP) is 4.08. The number of aldehydes is 1. The number of benzene rings is 2. The van der Waals surface area contributed by atoms with Crippen molar-refractivity contribution in [3.63, 3.8) is 0 Å². The van der Waals surface area contributed by atoms with Crippen molar-refractivity contribution in [3.05, 3.63) is 71.9 Å². The fourth-order valence-corrected chi connectivity index (χ4v) is 2.66. The highest BCUT2D eigenvalue weighted by Crippen LogP contribution is 2.27. The van der Waals surface area contributed by atoms with Crippen LogP contribution in [0.15, 0.2) is 60.8 Å². The van der Waals surface area contributed by atoms with E-state index < -0.39 is 0 Å². The molecule has 1 unspecified atom stereocenters. The topological polar surface area (TPSA) is 32.9 Å². The van der Waals surface area contributed by atoms with Gasteiger partial charge in [-0.05, 0) is 30.0 Å². The lowest BCUT2D eigenvalue weighted by atomic mass is 9.93. The summed E-state index contributed by atoms with van der Waals surface area (Å²) in [4.78, 5) is 14.7. The molecule has 3 aromatic rings. The van der Waals surface area contributed by atoms with E-state index in [1.54, 1.807) is 0 Å². The largest absolute Gasteiger partial charge is 0.361 e. The van der Waals surface area contributed by atoms with Gasteiger partial charge < -0.3 is 9.78 Å². The SMILES string of the molecule is O=CC(CCc1ccccc1)c1c[nH]c2ccccc12. The van der Waals surface area contributed by atoms with E-state index in [9.17, 15) is 4.79 Å². The molecular weight excluding hydrogens is 246 g/mol. The summed E-state index contributed by atoms with van der Waals surface area (Å²) in [6.07, 6.45) is 4.80. The summed E-state index contributed by atoms with van der Waals surface area (Å²) in [5.74, 6) is -0.0497. The quantitative estimate of drug-likeness (QED) is 0.691. The number of para-hydroxylation sites is 1. The van der Waals surface area contributed by atoms with Crippen LogP contribution in [0.2, 0.25) is 0 Å². The molecule has 0 saturated heterocycles. The molecule has 0 amide bonds. The minimum absolute atomic E-state index is 0.0497. The highest BCUT2D eigenvalue weighted by Gasteiger charge is 2.14. The maximum atomic E-state index is 11.5. The standard InChI is InChI=1S/C18H17NO/c20-13-15(11-10-14-6-2-1-3-7-14)17-12-19-18-9-5-4-8-16(17)18/h1-9,12-13,15,19H,10-11H2. The first kappa shape index (κ1) is 12.7. The average molecular weight is 263 g/mol. The third-order valence-corrected chi connectivity index (χ3v) is 3.77. The van der Waals surface area contributed by atoms with E-state index >= 15 is 0 Å². The summed E-state index contributed by atoms with van der Waals surface area (Å²) >= 11 is 0. The fourth-order valence-electron chi connectivity index (χ4n) is 2.66. The molecule has 0 aliphatic heterocycles. The van der Waals surface area contributed by atoms with E-state index in [0.29, 0.717) is 0 Å². The number of fused-ring (bicyclic) bond motifs is 1. The van der Waals surface area contributed by atoms with Crippen LogP contribution in [0.5, 0.6) is 0 Å². The van der Waals surface area contributed by atoms with Crippen molar-refractivity contribution >= 4 is 17.2 Å². The highest BCUT2D eigenvalue weighted by atomic mass is 16.1. The molecule has 2 heteroatoms. The molecule has 20 heavy (non-hydrogen) atoms.